The molecule has 2 saturated carbocycles. The van der Waals surface area contributed by atoms with Crippen LogP contribution in [0.2, 0.25) is 0 Å². The first-order valence-corrected chi connectivity index (χ1v) is 11.4. The fraction of sp³-hybridized carbons (Fsp3) is 0.708. The van der Waals surface area contributed by atoms with Gasteiger partial charge in [0.15, 0.2) is 0 Å². The number of alkyl halides is 5. The van der Waals surface area contributed by atoms with E-state index in [1.54, 1.807) is 12.1 Å². The van der Waals surface area contributed by atoms with Gasteiger partial charge < -0.3 is 4.74 Å². The minimum Gasteiger partial charge on any atom is -0.426 e. The van der Waals surface area contributed by atoms with Crippen LogP contribution < -0.4 is 4.74 Å². The van der Waals surface area contributed by atoms with Crippen LogP contribution in [-0.4, -0.2) is 18.1 Å². The van der Waals surface area contributed by atoms with Crippen molar-refractivity contribution in [3.63, 3.8) is 0 Å². The second-order valence-corrected chi connectivity index (χ2v) is 9.17. The van der Waals surface area contributed by atoms with Gasteiger partial charge in [0, 0.05) is 5.92 Å². The first-order valence-electron chi connectivity index (χ1n) is 11.4. The maximum Gasteiger partial charge on any atom is 0.453 e. The highest BCUT2D eigenvalue weighted by atomic mass is 19.4. The van der Waals surface area contributed by atoms with Gasteiger partial charge in [0.05, 0.1) is 5.92 Å². The third kappa shape index (κ3) is 5.78. The van der Waals surface area contributed by atoms with E-state index in [-0.39, 0.29) is 25.7 Å². The molecule has 0 bridgehead atoms. The third-order valence-corrected chi connectivity index (χ3v) is 7.06. The number of halogens is 5. The molecule has 2 fully saturated rings. The molecule has 3 rings (SSSR count). The van der Waals surface area contributed by atoms with Crippen molar-refractivity contribution in [1.29, 1.82) is 0 Å². The van der Waals surface area contributed by atoms with E-state index in [4.69, 9.17) is 4.74 Å². The van der Waals surface area contributed by atoms with Gasteiger partial charge in [-0.2, -0.15) is 22.0 Å². The van der Waals surface area contributed by atoms with Crippen molar-refractivity contribution >= 4 is 5.97 Å². The zero-order valence-corrected chi connectivity index (χ0v) is 17.9. The third-order valence-electron chi connectivity index (χ3n) is 7.06. The van der Waals surface area contributed by atoms with Crippen molar-refractivity contribution in [1.82, 2.24) is 0 Å². The Morgan fingerprint density at radius 3 is 2.00 bits per heavy atom. The molecular weight excluding hydrogens is 415 g/mol. The van der Waals surface area contributed by atoms with E-state index in [0.29, 0.717) is 11.7 Å². The number of hydrogen-bond donors (Lipinski definition) is 0. The summed E-state index contributed by atoms with van der Waals surface area (Å²) in [5, 5.41) is 0. The van der Waals surface area contributed by atoms with Gasteiger partial charge in [-0.05, 0) is 80.9 Å². The summed E-state index contributed by atoms with van der Waals surface area (Å²) in [7, 11) is 0. The van der Waals surface area contributed by atoms with Crippen molar-refractivity contribution in [3.8, 4) is 5.75 Å². The van der Waals surface area contributed by atoms with E-state index in [0.717, 1.165) is 18.8 Å². The lowest BCUT2D eigenvalue weighted by Crippen LogP contribution is -2.45. The van der Waals surface area contributed by atoms with Gasteiger partial charge in [-0.15, -0.1) is 0 Å². The maximum absolute atomic E-state index is 13.5. The van der Waals surface area contributed by atoms with Crippen LogP contribution in [0.15, 0.2) is 24.3 Å². The van der Waals surface area contributed by atoms with Crippen molar-refractivity contribution in [2.24, 2.45) is 17.8 Å². The molecule has 1 aromatic rings. The highest BCUT2D eigenvalue weighted by molar-refractivity contribution is 5.75. The first-order chi connectivity index (χ1) is 14.6. The minimum absolute atomic E-state index is 0.0196. The minimum atomic E-state index is -5.55. The van der Waals surface area contributed by atoms with Gasteiger partial charge in [-0.3, -0.25) is 4.79 Å². The van der Waals surface area contributed by atoms with Crippen molar-refractivity contribution in [3.05, 3.63) is 29.8 Å². The van der Waals surface area contributed by atoms with Gasteiger partial charge >= 0.3 is 18.1 Å². The first kappa shape index (κ1) is 24.0. The lowest BCUT2D eigenvalue weighted by molar-refractivity contribution is -0.306. The number of carbonyl (C=O) groups excluding carboxylic acids is 1. The summed E-state index contributed by atoms with van der Waals surface area (Å²) in [5.74, 6) is -5.96. The molecule has 2 nitrogen and oxygen atoms in total. The molecule has 2 aliphatic carbocycles. The molecule has 0 amide bonds. The predicted octanol–water partition coefficient (Wildman–Crippen LogP) is 7.67. The molecule has 0 heterocycles. The van der Waals surface area contributed by atoms with Gasteiger partial charge in [-0.25, -0.2) is 0 Å². The smallest absolute Gasteiger partial charge is 0.426 e. The Balaban J connectivity index is 1.48. The molecule has 0 saturated heterocycles. The number of carbonyl (C=O) groups is 1. The molecule has 7 heteroatoms. The van der Waals surface area contributed by atoms with Crippen molar-refractivity contribution < 1.29 is 31.5 Å². The molecule has 0 radical (unpaired) electrons. The Hall–Kier alpha value is -1.66. The Morgan fingerprint density at radius 2 is 1.48 bits per heavy atom. The molecule has 31 heavy (non-hydrogen) atoms. The van der Waals surface area contributed by atoms with Crippen LogP contribution in [0.4, 0.5) is 22.0 Å². The van der Waals surface area contributed by atoms with Crippen LogP contribution in [0, 0.1) is 17.8 Å². The van der Waals surface area contributed by atoms with Crippen molar-refractivity contribution in [2.75, 3.05) is 0 Å². The fourth-order valence-electron chi connectivity index (χ4n) is 5.12. The summed E-state index contributed by atoms with van der Waals surface area (Å²) in [6.07, 6.45) is 1.04. The number of esters is 1. The summed E-state index contributed by atoms with van der Waals surface area (Å²) < 4.78 is 70.0. The SMILES string of the molecule is CCC[C@H]1CC[C@H](c2ccc(OC(=O)[C@H]3CC[C@H](C(F)(F)C(F)(F)F)CC3)cc2)CC1. The average Bonchev–Trinajstić information content (AvgIpc) is 2.74. The number of rotatable bonds is 6. The Morgan fingerprint density at radius 1 is 0.903 bits per heavy atom. The van der Waals surface area contributed by atoms with Crippen LogP contribution in [0.3, 0.4) is 0 Å². The molecule has 0 N–H and O–H groups in total. The van der Waals surface area contributed by atoms with Crippen LogP contribution in [0.5, 0.6) is 5.75 Å². The number of ether oxygens (including phenoxy) is 1. The summed E-state index contributed by atoms with van der Waals surface area (Å²) in [5.41, 5.74) is 1.23. The Labute approximate surface area is 180 Å². The van der Waals surface area contributed by atoms with Crippen LogP contribution in [-0.2, 0) is 4.79 Å². The quantitative estimate of drug-likeness (QED) is 0.255. The number of hydrogen-bond acceptors (Lipinski definition) is 2. The number of benzene rings is 1. The lowest BCUT2D eigenvalue weighted by Gasteiger charge is -2.33. The predicted molar refractivity (Wildman–Crippen MR) is 108 cm³/mol. The van der Waals surface area contributed by atoms with Crippen molar-refractivity contribution in [2.45, 2.75) is 89.1 Å². The summed E-state index contributed by atoms with van der Waals surface area (Å²) in [4.78, 5) is 12.4. The van der Waals surface area contributed by atoms with E-state index in [2.05, 4.69) is 6.92 Å². The van der Waals surface area contributed by atoms with Gasteiger partial charge in [0.1, 0.15) is 5.75 Å². The van der Waals surface area contributed by atoms with E-state index >= 15 is 0 Å². The largest absolute Gasteiger partial charge is 0.453 e. The average molecular weight is 447 g/mol. The normalized spacial score (nSPS) is 27.7. The molecule has 2 aliphatic rings. The van der Waals surface area contributed by atoms with Gasteiger partial charge in [0.2, 0.25) is 0 Å². The Bertz CT molecular complexity index is 712. The molecule has 0 aliphatic heterocycles. The molecule has 0 atom stereocenters. The monoisotopic (exact) mass is 446 g/mol. The summed E-state index contributed by atoms with van der Waals surface area (Å²) in [6.45, 7) is 2.22. The van der Waals surface area contributed by atoms with E-state index in [9.17, 15) is 26.7 Å². The Kier molecular flexibility index (Phi) is 7.63. The molecule has 174 valence electrons. The van der Waals surface area contributed by atoms with Crippen LogP contribution in [0.1, 0.15) is 82.6 Å². The van der Waals surface area contributed by atoms with Crippen LogP contribution in [0.25, 0.3) is 0 Å². The lowest BCUT2D eigenvalue weighted by atomic mass is 9.77. The van der Waals surface area contributed by atoms with Gasteiger partial charge in [-0.1, -0.05) is 31.9 Å². The maximum atomic E-state index is 13.5. The topological polar surface area (TPSA) is 26.3 Å². The fourth-order valence-corrected chi connectivity index (χ4v) is 5.12. The highest BCUT2D eigenvalue weighted by Gasteiger charge is 2.62. The van der Waals surface area contributed by atoms with Crippen LogP contribution >= 0.6 is 0 Å². The molecular formula is C24H31F5O2. The molecule has 0 spiro atoms. The van der Waals surface area contributed by atoms with Gasteiger partial charge in [0.25, 0.3) is 0 Å². The second kappa shape index (κ2) is 9.86. The van der Waals surface area contributed by atoms with E-state index in [1.807, 2.05) is 12.1 Å². The highest BCUT2D eigenvalue weighted by Crippen LogP contribution is 2.47. The molecule has 0 unspecified atom stereocenters. The second-order valence-electron chi connectivity index (χ2n) is 9.17. The molecule has 1 aromatic carbocycles. The van der Waals surface area contributed by atoms with E-state index < -0.39 is 29.9 Å². The zero-order valence-electron chi connectivity index (χ0n) is 17.9. The zero-order chi connectivity index (χ0) is 22.6. The van der Waals surface area contributed by atoms with E-state index in [1.165, 1.54) is 31.2 Å². The molecule has 0 aromatic heterocycles. The standard InChI is InChI=1S/C24H31F5O2/c1-2-3-16-4-6-17(7-5-16)18-10-14-21(15-11-18)31-22(30)19-8-12-20(13-9-19)23(25,26)24(27,28)29/h10-11,14-17,19-20H,2-9,12-13H2,1H3/t16-,17-,19-,20-. The summed E-state index contributed by atoms with van der Waals surface area (Å²) >= 11 is 0. The summed E-state index contributed by atoms with van der Waals surface area (Å²) in [6, 6.07) is 7.42.